The van der Waals surface area contributed by atoms with E-state index < -0.39 is 0 Å². The molecule has 4 heteroatoms. The van der Waals surface area contributed by atoms with E-state index >= 15 is 0 Å². The highest BCUT2D eigenvalue weighted by Gasteiger charge is 2.23. The highest BCUT2D eigenvalue weighted by molar-refractivity contribution is 6.30. The van der Waals surface area contributed by atoms with E-state index in [9.17, 15) is 4.79 Å². The summed E-state index contributed by atoms with van der Waals surface area (Å²) < 4.78 is 0. The molecular weight excluding hydrogens is 269 g/mol. The molecule has 0 aromatic heterocycles. The van der Waals surface area contributed by atoms with Gasteiger partial charge in [-0.3, -0.25) is 4.79 Å². The van der Waals surface area contributed by atoms with Crippen LogP contribution in [0.1, 0.15) is 42.5 Å². The molecule has 2 nitrogen and oxygen atoms in total. The van der Waals surface area contributed by atoms with Gasteiger partial charge in [0.1, 0.15) is 0 Å². The van der Waals surface area contributed by atoms with Gasteiger partial charge in [-0.1, -0.05) is 30.9 Å². The second kappa shape index (κ2) is 6.44. The van der Waals surface area contributed by atoms with Crippen LogP contribution in [0.15, 0.2) is 24.3 Å². The van der Waals surface area contributed by atoms with E-state index in [0.29, 0.717) is 10.6 Å². The number of hydrogen-bond acceptors (Lipinski definition) is 1. The normalized spacial score (nSPS) is 24.3. The monoisotopic (exact) mass is 285 g/mol. The van der Waals surface area contributed by atoms with Crippen LogP contribution in [0, 0.1) is 0 Å². The summed E-state index contributed by atoms with van der Waals surface area (Å²) >= 11 is 12.1. The lowest BCUT2D eigenvalue weighted by Gasteiger charge is -2.21. The summed E-state index contributed by atoms with van der Waals surface area (Å²) in [6.07, 6.45) is 5.44. The van der Waals surface area contributed by atoms with Crippen molar-refractivity contribution < 1.29 is 4.79 Å². The number of nitrogens with one attached hydrogen (secondary N) is 1. The van der Waals surface area contributed by atoms with Gasteiger partial charge in [0.05, 0.1) is 5.38 Å². The largest absolute Gasteiger partial charge is 0.348 e. The molecular formula is C14H17Cl2NO. The minimum Gasteiger partial charge on any atom is -0.348 e. The summed E-state index contributed by atoms with van der Waals surface area (Å²) in [6.45, 7) is 0. The van der Waals surface area contributed by atoms with Crippen LogP contribution in [0.25, 0.3) is 0 Å². The van der Waals surface area contributed by atoms with Crippen molar-refractivity contribution >= 4 is 29.1 Å². The minimum atomic E-state index is -0.0655. The Hall–Kier alpha value is -0.730. The summed E-state index contributed by atoms with van der Waals surface area (Å²) in [4.78, 5) is 12.1. The highest BCUT2D eigenvalue weighted by atomic mass is 35.5. The zero-order valence-electron chi connectivity index (χ0n) is 10.2. The molecule has 0 radical (unpaired) electrons. The van der Waals surface area contributed by atoms with E-state index in [1.54, 1.807) is 24.3 Å². The molecule has 1 amide bonds. The van der Waals surface area contributed by atoms with E-state index in [1.807, 2.05) is 0 Å². The SMILES string of the molecule is O=C(NC1CCCCCC1Cl)c1ccc(Cl)cc1. The van der Waals surface area contributed by atoms with Crippen molar-refractivity contribution in [3.8, 4) is 0 Å². The molecule has 1 fully saturated rings. The number of hydrogen-bond donors (Lipinski definition) is 1. The van der Waals surface area contributed by atoms with Crippen molar-refractivity contribution in [2.45, 2.75) is 43.5 Å². The number of amides is 1. The van der Waals surface area contributed by atoms with Crippen LogP contribution in [-0.2, 0) is 0 Å². The molecule has 1 aromatic carbocycles. The lowest BCUT2D eigenvalue weighted by molar-refractivity contribution is 0.0934. The fourth-order valence-corrected chi connectivity index (χ4v) is 2.75. The van der Waals surface area contributed by atoms with Gasteiger partial charge in [-0.15, -0.1) is 11.6 Å². The predicted octanol–water partition coefficient (Wildman–Crippen LogP) is 4.01. The van der Waals surface area contributed by atoms with Crippen molar-refractivity contribution in [2.75, 3.05) is 0 Å². The van der Waals surface area contributed by atoms with Gasteiger partial charge in [-0.05, 0) is 37.1 Å². The van der Waals surface area contributed by atoms with Crippen LogP contribution in [-0.4, -0.2) is 17.3 Å². The van der Waals surface area contributed by atoms with Gasteiger partial charge in [0, 0.05) is 16.6 Å². The quantitative estimate of drug-likeness (QED) is 0.646. The Morgan fingerprint density at radius 2 is 1.78 bits per heavy atom. The maximum absolute atomic E-state index is 12.1. The topological polar surface area (TPSA) is 29.1 Å². The fourth-order valence-electron chi connectivity index (χ4n) is 2.28. The first-order valence-electron chi connectivity index (χ1n) is 6.37. The summed E-state index contributed by atoms with van der Waals surface area (Å²) in [5, 5.41) is 3.71. The molecule has 2 unspecified atom stereocenters. The van der Waals surface area contributed by atoms with Gasteiger partial charge in [0.2, 0.25) is 0 Å². The Kier molecular flexibility index (Phi) is 4.90. The second-order valence-corrected chi connectivity index (χ2v) is 5.74. The van der Waals surface area contributed by atoms with Crippen LogP contribution < -0.4 is 5.32 Å². The molecule has 2 atom stereocenters. The van der Waals surface area contributed by atoms with Gasteiger partial charge < -0.3 is 5.32 Å². The van der Waals surface area contributed by atoms with E-state index in [4.69, 9.17) is 23.2 Å². The Balaban J connectivity index is 1.99. The number of carbonyl (C=O) groups excluding carboxylic acids is 1. The third-order valence-corrected chi connectivity index (χ3v) is 4.13. The van der Waals surface area contributed by atoms with Crippen LogP contribution in [0.5, 0.6) is 0 Å². The summed E-state index contributed by atoms with van der Waals surface area (Å²) in [5.41, 5.74) is 0.632. The van der Waals surface area contributed by atoms with Crippen molar-refractivity contribution in [2.24, 2.45) is 0 Å². The van der Waals surface area contributed by atoms with E-state index in [0.717, 1.165) is 25.7 Å². The van der Waals surface area contributed by atoms with Crippen LogP contribution in [0.2, 0.25) is 5.02 Å². The average molecular weight is 286 g/mol. The molecule has 1 aliphatic carbocycles. The van der Waals surface area contributed by atoms with E-state index in [2.05, 4.69) is 5.32 Å². The zero-order chi connectivity index (χ0) is 13.0. The van der Waals surface area contributed by atoms with Gasteiger partial charge in [-0.25, -0.2) is 0 Å². The van der Waals surface area contributed by atoms with Gasteiger partial charge in [-0.2, -0.15) is 0 Å². The first-order valence-corrected chi connectivity index (χ1v) is 7.19. The first kappa shape index (κ1) is 13.7. The molecule has 0 spiro atoms. The average Bonchev–Trinajstić information content (AvgIpc) is 2.56. The molecule has 2 rings (SSSR count). The number of halogens is 2. The summed E-state index contributed by atoms with van der Waals surface area (Å²) in [5.74, 6) is -0.0655. The second-order valence-electron chi connectivity index (χ2n) is 4.74. The molecule has 0 saturated heterocycles. The van der Waals surface area contributed by atoms with Crippen LogP contribution in [0.4, 0.5) is 0 Å². The molecule has 1 aliphatic rings. The van der Waals surface area contributed by atoms with Gasteiger partial charge in [0.15, 0.2) is 0 Å². The number of carbonyl (C=O) groups is 1. The van der Waals surface area contributed by atoms with Gasteiger partial charge in [0.25, 0.3) is 5.91 Å². The first-order chi connectivity index (χ1) is 8.66. The van der Waals surface area contributed by atoms with Gasteiger partial charge >= 0.3 is 0 Å². The maximum Gasteiger partial charge on any atom is 0.251 e. The van der Waals surface area contributed by atoms with E-state index in [-0.39, 0.29) is 17.3 Å². The molecule has 1 aromatic rings. The Morgan fingerprint density at radius 1 is 1.11 bits per heavy atom. The Labute approximate surface area is 118 Å². The van der Waals surface area contributed by atoms with E-state index in [1.165, 1.54) is 6.42 Å². The van der Waals surface area contributed by atoms with Crippen LogP contribution >= 0.6 is 23.2 Å². The maximum atomic E-state index is 12.1. The number of alkyl halides is 1. The molecule has 98 valence electrons. The van der Waals surface area contributed by atoms with Crippen molar-refractivity contribution in [1.82, 2.24) is 5.32 Å². The van der Waals surface area contributed by atoms with Crippen molar-refractivity contribution in [3.05, 3.63) is 34.9 Å². The molecule has 0 heterocycles. The third kappa shape index (κ3) is 3.63. The van der Waals surface area contributed by atoms with Crippen molar-refractivity contribution in [3.63, 3.8) is 0 Å². The number of rotatable bonds is 2. The molecule has 0 aliphatic heterocycles. The number of benzene rings is 1. The molecule has 18 heavy (non-hydrogen) atoms. The minimum absolute atomic E-state index is 0.0451. The fraction of sp³-hybridized carbons (Fsp3) is 0.500. The summed E-state index contributed by atoms with van der Waals surface area (Å²) in [7, 11) is 0. The molecule has 1 saturated carbocycles. The highest BCUT2D eigenvalue weighted by Crippen LogP contribution is 2.22. The smallest absolute Gasteiger partial charge is 0.251 e. The standard InChI is InChI=1S/C14H17Cl2NO/c15-11-8-6-10(7-9-11)14(18)17-13-5-3-1-2-4-12(13)16/h6-9,12-13H,1-5H2,(H,17,18). The zero-order valence-corrected chi connectivity index (χ0v) is 11.7. The third-order valence-electron chi connectivity index (χ3n) is 3.35. The Morgan fingerprint density at radius 3 is 2.50 bits per heavy atom. The molecule has 0 bridgehead atoms. The van der Waals surface area contributed by atoms with Crippen molar-refractivity contribution in [1.29, 1.82) is 0 Å². The molecule has 1 N–H and O–H groups in total. The summed E-state index contributed by atoms with van der Waals surface area (Å²) in [6, 6.07) is 7.00. The van der Waals surface area contributed by atoms with Crippen LogP contribution in [0.3, 0.4) is 0 Å². The Bertz CT molecular complexity index is 405. The lowest BCUT2D eigenvalue weighted by Crippen LogP contribution is -2.40. The predicted molar refractivity (Wildman–Crippen MR) is 75.4 cm³/mol. The lowest BCUT2D eigenvalue weighted by atomic mass is 10.1.